The fourth-order valence-corrected chi connectivity index (χ4v) is 3.06. The molecule has 0 saturated heterocycles. The molecule has 3 aromatic rings. The van der Waals surface area contributed by atoms with Crippen molar-refractivity contribution in [1.82, 2.24) is 0 Å². The average Bonchev–Trinajstić information content (AvgIpc) is 2.90. The van der Waals surface area contributed by atoms with Crippen LogP contribution in [0, 0.1) is 0 Å². The van der Waals surface area contributed by atoms with Gasteiger partial charge in [-0.15, -0.1) is 0 Å². The molecule has 0 aliphatic carbocycles. The Balaban J connectivity index is 1.76. The highest BCUT2D eigenvalue weighted by Gasteiger charge is 2.34. The Hall–Kier alpha value is -4.23. The normalized spacial score (nSPS) is 13.1. The van der Waals surface area contributed by atoms with Gasteiger partial charge in [0.25, 0.3) is 0 Å². The lowest BCUT2D eigenvalue weighted by Gasteiger charge is -2.28. The number of carbonyl (C=O) groups excluding carboxylic acids is 3. The minimum atomic E-state index is -1.51. The Kier molecular flexibility index (Phi) is 8.71. The fraction of sp³-hybridized carbons (Fsp3) is 0.148. The van der Waals surface area contributed by atoms with E-state index in [-0.39, 0.29) is 11.1 Å². The van der Waals surface area contributed by atoms with E-state index in [1.807, 2.05) is 0 Å². The van der Waals surface area contributed by atoms with E-state index in [2.05, 4.69) is 6.58 Å². The van der Waals surface area contributed by atoms with Gasteiger partial charge in [0.1, 0.15) is 12.7 Å². The van der Waals surface area contributed by atoms with Crippen LogP contribution in [-0.4, -0.2) is 47.9 Å². The van der Waals surface area contributed by atoms with Crippen LogP contribution in [0.4, 0.5) is 0 Å². The Bertz CT molecular complexity index is 1100. The minimum absolute atomic E-state index is 0.234. The maximum absolute atomic E-state index is 12.7. The molecule has 0 bridgehead atoms. The lowest BCUT2D eigenvalue weighted by Crippen LogP contribution is -2.45. The van der Waals surface area contributed by atoms with Crippen LogP contribution in [0.5, 0.6) is 0 Å². The van der Waals surface area contributed by atoms with Crippen LogP contribution in [0.25, 0.3) is 0 Å². The molecule has 0 heterocycles. The van der Waals surface area contributed by atoms with Crippen molar-refractivity contribution in [1.29, 1.82) is 0 Å². The summed E-state index contributed by atoms with van der Waals surface area (Å²) < 4.78 is 16.1. The van der Waals surface area contributed by atoms with Crippen molar-refractivity contribution < 1.29 is 33.7 Å². The summed E-state index contributed by atoms with van der Waals surface area (Å²) in [7, 11) is 0. The number of carbonyl (C=O) groups is 3. The van der Waals surface area contributed by atoms with Crippen molar-refractivity contribution in [2.24, 2.45) is 0 Å². The van der Waals surface area contributed by atoms with Gasteiger partial charge >= 0.3 is 17.9 Å². The lowest BCUT2D eigenvalue weighted by atomic mass is 10.1. The van der Waals surface area contributed by atoms with E-state index in [4.69, 9.17) is 14.2 Å². The number of hydrogen-bond acceptors (Lipinski definition) is 7. The van der Waals surface area contributed by atoms with Crippen molar-refractivity contribution >= 4 is 17.9 Å². The molecule has 3 atom stereocenters. The first kappa shape index (κ1) is 24.4. The zero-order chi connectivity index (χ0) is 24.3. The number of benzene rings is 3. The largest absolute Gasteiger partial charge is 0.459 e. The van der Waals surface area contributed by atoms with E-state index < -0.39 is 42.8 Å². The second kappa shape index (κ2) is 12.1. The summed E-state index contributed by atoms with van der Waals surface area (Å²) in [5, 5.41) is 10.8. The molecule has 34 heavy (non-hydrogen) atoms. The van der Waals surface area contributed by atoms with E-state index in [0.717, 1.165) is 0 Å². The first-order chi connectivity index (χ1) is 16.5. The number of rotatable bonds is 10. The molecule has 0 aromatic heterocycles. The van der Waals surface area contributed by atoms with E-state index in [9.17, 15) is 19.5 Å². The summed E-state index contributed by atoms with van der Waals surface area (Å²) in [4.78, 5) is 37.5. The number of hydrogen-bond donors (Lipinski definition) is 1. The van der Waals surface area contributed by atoms with E-state index in [1.54, 1.807) is 91.0 Å². The van der Waals surface area contributed by atoms with Gasteiger partial charge in [-0.2, -0.15) is 0 Å². The summed E-state index contributed by atoms with van der Waals surface area (Å²) >= 11 is 0. The quantitative estimate of drug-likeness (QED) is 0.279. The molecule has 3 rings (SSSR count). The van der Waals surface area contributed by atoms with Gasteiger partial charge in [-0.25, -0.2) is 14.4 Å². The molecule has 0 saturated carbocycles. The van der Waals surface area contributed by atoms with E-state index in [0.29, 0.717) is 5.56 Å². The lowest BCUT2D eigenvalue weighted by molar-refractivity contribution is -0.0834. The summed E-state index contributed by atoms with van der Waals surface area (Å²) in [5.74, 6) is -2.11. The van der Waals surface area contributed by atoms with E-state index in [1.165, 1.54) is 6.08 Å². The number of aliphatic hydroxyl groups is 1. The van der Waals surface area contributed by atoms with Crippen molar-refractivity contribution in [3.8, 4) is 0 Å². The number of aliphatic hydroxyl groups excluding tert-OH is 1. The molecule has 3 aromatic carbocycles. The summed E-state index contributed by atoms with van der Waals surface area (Å²) in [5.41, 5.74) is 0.800. The molecule has 0 radical (unpaired) electrons. The van der Waals surface area contributed by atoms with Gasteiger partial charge in [0.15, 0.2) is 12.2 Å². The Morgan fingerprint density at radius 3 is 1.56 bits per heavy atom. The maximum atomic E-state index is 12.7. The van der Waals surface area contributed by atoms with Crippen molar-refractivity contribution in [2.45, 2.75) is 18.3 Å². The molecule has 0 aliphatic rings. The molecule has 7 heteroatoms. The summed E-state index contributed by atoms with van der Waals surface area (Å²) in [6, 6.07) is 24.6. The highest BCUT2D eigenvalue weighted by molar-refractivity contribution is 5.90. The molecule has 0 unspecified atom stereocenters. The van der Waals surface area contributed by atoms with Crippen LogP contribution < -0.4 is 0 Å². The molecular weight excluding hydrogens is 436 g/mol. The topological polar surface area (TPSA) is 99.1 Å². The molecule has 1 N–H and O–H groups in total. The van der Waals surface area contributed by atoms with Crippen molar-refractivity contribution in [3.05, 3.63) is 120 Å². The summed E-state index contributed by atoms with van der Waals surface area (Å²) in [6.07, 6.45) is -2.87. The first-order valence-electron chi connectivity index (χ1n) is 10.5. The zero-order valence-electron chi connectivity index (χ0n) is 18.3. The Morgan fingerprint density at radius 1 is 0.706 bits per heavy atom. The van der Waals surface area contributed by atoms with Crippen LogP contribution in [0.1, 0.15) is 31.1 Å². The van der Waals surface area contributed by atoms with Crippen LogP contribution in [-0.2, 0) is 14.2 Å². The number of esters is 3. The van der Waals surface area contributed by atoms with Crippen LogP contribution >= 0.6 is 0 Å². The molecule has 7 nitrogen and oxygen atoms in total. The van der Waals surface area contributed by atoms with Crippen molar-refractivity contribution in [2.75, 3.05) is 6.61 Å². The fourth-order valence-electron chi connectivity index (χ4n) is 3.06. The van der Waals surface area contributed by atoms with Crippen molar-refractivity contribution in [3.63, 3.8) is 0 Å². The van der Waals surface area contributed by atoms with Gasteiger partial charge in [-0.05, 0) is 42.5 Å². The van der Waals surface area contributed by atoms with Crippen LogP contribution in [0.2, 0.25) is 0 Å². The van der Waals surface area contributed by atoms with Gasteiger partial charge in [-0.3, -0.25) is 0 Å². The predicted molar refractivity (Wildman–Crippen MR) is 124 cm³/mol. The highest BCUT2D eigenvalue weighted by Crippen LogP contribution is 2.17. The van der Waals surface area contributed by atoms with Crippen LogP contribution in [0.3, 0.4) is 0 Å². The van der Waals surface area contributed by atoms with E-state index >= 15 is 0 Å². The highest BCUT2D eigenvalue weighted by atomic mass is 16.6. The zero-order valence-corrected chi connectivity index (χ0v) is 18.3. The Morgan fingerprint density at radius 2 is 1.12 bits per heavy atom. The molecule has 174 valence electrons. The third kappa shape index (κ3) is 6.63. The molecular formula is C27H24O7. The van der Waals surface area contributed by atoms with Gasteiger partial charge in [-0.1, -0.05) is 61.2 Å². The second-order valence-electron chi connectivity index (χ2n) is 7.24. The van der Waals surface area contributed by atoms with Gasteiger partial charge in [0, 0.05) is 0 Å². The van der Waals surface area contributed by atoms with Gasteiger partial charge < -0.3 is 19.3 Å². The van der Waals surface area contributed by atoms with Gasteiger partial charge in [0.05, 0.1) is 16.7 Å². The number of ether oxygens (including phenoxy) is 3. The smallest absolute Gasteiger partial charge is 0.338 e. The molecule has 0 fully saturated rings. The third-order valence-electron chi connectivity index (χ3n) is 4.84. The van der Waals surface area contributed by atoms with Gasteiger partial charge in [0.2, 0.25) is 0 Å². The minimum Gasteiger partial charge on any atom is -0.459 e. The predicted octanol–water partition coefficient (Wildman–Crippen LogP) is 3.84. The Labute approximate surface area is 197 Å². The maximum Gasteiger partial charge on any atom is 0.338 e. The molecule has 0 aliphatic heterocycles. The standard InChI is InChI=1S/C27H24O7/c1-2-23(33-26(30)20-14-8-4-9-15-20)24(34-27(31)21-16-10-5-11-17-21)22(28)18-32-25(29)19-12-6-3-7-13-19/h2-17,22-24,28H,1,18H2/t22-,23-,24-/m1/s1. The second-order valence-corrected chi connectivity index (χ2v) is 7.24. The molecule has 0 amide bonds. The average molecular weight is 460 g/mol. The first-order valence-corrected chi connectivity index (χ1v) is 10.5. The SMILES string of the molecule is C=C[C@@H](OC(=O)c1ccccc1)[C@H](OC(=O)c1ccccc1)[C@H](O)COC(=O)c1ccccc1. The third-order valence-corrected chi connectivity index (χ3v) is 4.84. The van der Waals surface area contributed by atoms with Crippen LogP contribution in [0.15, 0.2) is 104 Å². The monoisotopic (exact) mass is 460 g/mol. The summed E-state index contributed by atoms with van der Waals surface area (Å²) in [6.45, 7) is 3.14. The molecule has 0 spiro atoms.